The van der Waals surface area contributed by atoms with Crippen LogP contribution in [0, 0.1) is 5.82 Å². The van der Waals surface area contributed by atoms with Crippen LogP contribution in [0.4, 0.5) is 14.9 Å². The molecule has 24 heavy (non-hydrogen) atoms. The van der Waals surface area contributed by atoms with E-state index in [1.54, 1.807) is 17.0 Å². The summed E-state index contributed by atoms with van der Waals surface area (Å²) in [5.74, 6) is -0.268. The Bertz CT molecular complexity index is 632. The summed E-state index contributed by atoms with van der Waals surface area (Å²) in [5, 5.41) is 0. The minimum absolute atomic E-state index is 0.268. The lowest BCUT2D eigenvalue weighted by Crippen LogP contribution is -2.50. The number of carbonyl (C=O) groups is 1. The van der Waals surface area contributed by atoms with Gasteiger partial charge in [0.25, 0.3) is 0 Å². The number of amides is 1. The zero-order chi connectivity index (χ0) is 17.9. The van der Waals surface area contributed by atoms with Crippen LogP contribution in [0.15, 0.2) is 21.6 Å². The third-order valence-electron chi connectivity index (χ3n) is 3.52. The van der Waals surface area contributed by atoms with Gasteiger partial charge in [-0.25, -0.2) is 9.18 Å². The van der Waals surface area contributed by atoms with Crippen LogP contribution in [0.3, 0.4) is 0 Å². The maximum Gasteiger partial charge on any atom is 0.410 e. The molecule has 2 rings (SSSR count). The average molecular weight is 464 g/mol. The fraction of sp³-hybridized carbons (Fsp3) is 0.471. The van der Waals surface area contributed by atoms with Crippen molar-refractivity contribution in [3.8, 4) is 0 Å². The van der Waals surface area contributed by atoms with Gasteiger partial charge in [0.05, 0.1) is 9.08 Å². The van der Waals surface area contributed by atoms with E-state index >= 15 is 0 Å². The second kappa shape index (κ2) is 7.87. The third kappa shape index (κ3) is 5.48. The molecular formula is C17H21Br2FN2O2. The average Bonchev–Trinajstić information content (AvgIpc) is 2.45. The van der Waals surface area contributed by atoms with Gasteiger partial charge in [-0.15, -0.1) is 0 Å². The summed E-state index contributed by atoms with van der Waals surface area (Å²) in [4.78, 5) is 15.7. The Morgan fingerprint density at radius 1 is 1.21 bits per heavy atom. The second-order valence-electron chi connectivity index (χ2n) is 6.60. The molecule has 0 atom stereocenters. The zero-order valence-electron chi connectivity index (χ0n) is 14.0. The number of hydrogen-bond donors (Lipinski definition) is 0. The highest BCUT2D eigenvalue weighted by atomic mass is 79.9. The van der Waals surface area contributed by atoms with E-state index < -0.39 is 5.60 Å². The van der Waals surface area contributed by atoms with Crippen molar-refractivity contribution < 1.29 is 13.9 Å². The van der Waals surface area contributed by atoms with Gasteiger partial charge in [0.1, 0.15) is 11.4 Å². The highest BCUT2D eigenvalue weighted by Crippen LogP contribution is 2.25. The minimum Gasteiger partial charge on any atom is -0.444 e. The van der Waals surface area contributed by atoms with Crippen molar-refractivity contribution >= 4 is 49.7 Å². The first-order chi connectivity index (χ1) is 11.2. The second-order valence-corrected chi connectivity index (χ2v) is 9.37. The van der Waals surface area contributed by atoms with Crippen molar-refractivity contribution in [3.63, 3.8) is 0 Å². The van der Waals surface area contributed by atoms with Crippen molar-refractivity contribution in [3.05, 3.63) is 33.0 Å². The van der Waals surface area contributed by atoms with Crippen molar-refractivity contribution in [1.82, 2.24) is 4.90 Å². The molecule has 1 aromatic rings. The van der Waals surface area contributed by atoms with Crippen LogP contribution >= 0.6 is 31.9 Å². The first-order valence-corrected chi connectivity index (χ1v) is 9.29. The standard InChI is InChI=1S/C17H21Br2FN2O2/c1-17(2,3)24-16(23)22-8-6-21(7-9-22)14-5-4-12(10-13(14)20)11-15(18)19/h4-5,10-11H,6-9H2,1-3H3. The van der Waals surface area contributed by atoms with Crippen LogP contribution in [-0.2, 0) is 4.74 Å². The number of piperazine rings is 1. The molecule has 1 aromatic carbocycles. The Morgan fingerprint density at radius 3 is 2.33 bits per heavy atom. The molecule has 7 heteroatoms. The van der Waals surface area contributed by atoms with E-state index in [1.807, 2.05) is 31.7 Å². The van der Waals surface area contributed by atoms with Crippen molar-refractivity contribution in [1.29, 1.82) is 0 Å². The molecule has 0 aromatic heterocycles. The van der Waals surface area contributed by atoms with Gasteiger partial charge < -0.3 is 14.5 Å². The molecule has 1 saturated heterocycles. The summed E-state index contributed by atoms with van der Waals surface area (Å²) < 4.78 is 20.5. The normalized spacial score (nSPS) is 15.2. The summed E-state index contributed by atoms with van der Waals surface area (Å²) in [6.07, 6.45) is 1.47. The quantitative estimate of drug-likeness (QED) is 0.620. The Balaban J connectivity index is 2.00. The van der Waals surface area contributed by atoms with Crippen molar-refractivity contribution in [2.24, 2.45) is 0 Å². The molecule has 1 heterocycles. The Labute approximate surface area is 158 Å². The molecule has 132 valence electrons. The lowest BCUT2D eigenvalue weighted by Gasteiger charge is -2.36. The summed E-state index contributed by atoms with van der Waals surface area (Å²) in [6.45, 7) is 7.72. The van der Waals surface area contributed by atoms with Crippen molar-refractivity contribution in [2.75, 3.05) is 31.1 Å². The molecule has 0 saturated carbocycles. The SMILES string of the molecule is CC(C)(C)OC(=O)N1CCN(c2ccc(C=C(Br)Br)cc2F)CC1. The van der Waals surface area contributed by atoms with Crippen LogP contribution < -0.4 is 4.90 Å². The number of carbonyl (C=O) groups excluding carboxylic acids is 1. The first kappa shape index (κ1) is 19.2. The molecule has 0 bridgehead atoms. The molecule has 1 aliphatic heterocycles. The summed E-state index contributed by atoms with van der Waals surface area (Å²) in [5.41, 5.74) is 0.821. The van der Waals surface area contributed by atoms with E-state index in [4.69, 9.17) is 4.74 Å². The summed E-state index contributed by atoms with van der Waals surface area (Å²) in [7, 11) is 0. The maximum absolute atomic E-state index is 14.4. The molecule has 0 aliphatic carbocycles. The number of anilines is 1. The lowest BCUT2D eigenvalue weighted by atomic mass is 10.1. The number of hydrogen-bond acceptors (Lipinski definition) is 3. The molecule has 0 N–H and O–H groups in total. The molecule has 0 radical (unpaired) electrons. The Hall–Kier alpha value is -1.08. The zero-order valence-corrected chi connectivity index (χ0v) is 17.2. The predicted octanol–water partition coefficient (Wildman–Crippen LogP) is 4.97. The van der Waals surface area contributed by atoms with Gasteiger partial charge in [0.2, 0.25) is 0 Å². The first-order valence-electron chi connectivity index (χ1n) is 7.71. The highest BCUT2D eigenvalue weighted by Gasteiger charge is 2.26. The third-order valence-corrected chi connectivity index (χ3v) is 3.98. The van der Waals surface area contributed by atoms with Crippen LogP contribution in [0.5, 0.6) is 0 Å². The molecule has 4 nitrogen and oxygen atoms in total. The molecule has 1 fully saturated rings. The van der Waals surface area contributed by atoms with Gasteiger partial charge in [0, 0.05) is 26.2 Å². The largest absolute Gasteiger partial charge is 0.444 e. The molecule has 1 amide bonds. The number of halogens is 3. The van der Waals surface area contributed by atoms with Crippen molar-refractivity contribution in [2.45, 2.75) is 26.4 Å². The fourth-order valence-electron chi connectivity index (χ4n) is 2.45. The predicted molar refractivity (Wildman–Crippen MR) is 102 cm³/mol. The number of rotatable bonds is 2. The highest BCUT2D eigenvalue weighted by molar-refractivity contribution is 9.28. The molecular weight excluding hydrogens is 443 g/mol. The Kier molecular flexibility index (Phi) is 6.31. The molecule has 1 aliphatic rings. The molecule has 0 spiro atoms. The monoisotopic (exact) mass is 462 g/mol. The fourth-order valence-corrected chi connectivity index (χ4v) is 2.98. The number of benzene rings is 1. The van der Waals surface area contributed by atoms with Gasteiger partial charge in [-0.2, -0.15) is 0 Å². The van der Waals surface area contributed by atoms with Gasteiger partial charge in [0.15, 0.2) is 0 Å². The van der Waals surface area contributed by atoms with Crippen LogP contribution in [-0.4, -0.2) is 42.8 Å². The van der Waals surface area contributed by atoms with E-state index in [0.717, 1.165) is 8.96 Å². The summed E-state index contributed by atoms with van der Waals surface area (Å²) in [6, 6.07) is 5.13. The van der Waals surface area contributed by atoms with Crippen LogP contribution in [0.1, 0.15) is 26.3 Å². The van der Waals surface area contributed by atoms with Gasteiger partial charge in [-0.05, 0) is 76.4 Å². The van der Waals surface area contributed by atoms with Crippen LogP contribution in [0.2, 0.25) is 0 Å². The number of ether oxygens (including phenoxy) is 1. The van der Waals surface area contributed by atoms with E-state index in [9.17, 15) is 9.18 Å². The van der Waals surface area contributed by atoms with Crippen LogP contribution in [0.25, 0.3) is 6.08 Å². The maximum atomic E-state index is 14.4. The van der Waals surface area contributed by atoms with Gasteiger partial charge in [-0.3, -0.25) is 0 Å². The van der Waals surface area contributed by atoms with E-state index in [2.05, 4.69) is 31.9 Å². The topological polar surface area (TPSA) is 32.8 Å². The Morgan fingerprint density at radius 2 is 1.83 bits per heavy atom. The lowest BCUT2D eigenvalue weighted by molar-refractivity contribution is 0.0240. The van der Waals surface area contributed by atoms with E-state index in [-0.39, 0.29) is 11.9 Å². The number of nitrogens with zero attached hydrogens (tertiary/aromatic N) is 2. The van der Waals surface area contributed by atoms with E-state index in [0.29, 0.717) is 31.9 Å². The van der Waals surface area contributed by atoms with Gasteiger partial charge >= 0.3 is 6.09 Å². The smallest absolute Gasteiger partial charge is 0.410 e. The summed E-state index contributed by atoms with van der Waals surface area (Å²) >= 11 is 6.53. The van der Waals surface area contributed by atoms with Gasteiger partial charge in [-0.1, -0.05) is 6.07 Å². The minimum atomic E-state index is -0.507. The van der Waals surface area contributed by atoms with E-state index in [1.165, 1.54) is 6.07 Å². The molecule has 0 unspecified atom stereocenters.